The molecule has 1 N–H and O–H groups in total. The van der Waals surface area contributed by atoms with Crippen LogP contribution in [0.5, 0.6) is 0 Å². The lowest BCUT2D eigenvalue weighted by atomic mass is 9.90. The molecular formula is C12H25N3. The van der Waals surface area contributed by atoms with Crippen LogP contribution in [0.15, 0.2) is 0 Å². The Labute approximate surface area is 93.8 Å². The molecule has 2 rings (SSSR count). The molecule has 0 amide bonds. The van der Waals surface area contributed by atoms with Crippen molar-refractivity contribution in [2.45, 2.75) is 25.8 Å². The SMILES string of the molecule is C[C@@H]1[C@@H](CN2CCNCC2)CCCN1C. The topological polar surface area (TPSA) is 18.5 Å². The summed E-state index contributed by atoms with van der Waals surface area (Å²) in [7, 11) is 2.27. The standard InChI is InChI=1S/C12H25N3/c1-11-12(4-3-7-14(11)2)10-15-8-5-13-6-9-15/h11-13H,3-10H2,1-2H3/t11-,12-/m1/s1. The summed E-state index contributed by atoms with van der Waals surface area (Å²) in [5.74, 6) is 0.891. The summed E-state index contributed by atoms with van der Waals surface area (Å²) in [6.45, 7) is 9.84. The first-order valence-corrected chi connectivity index (χ1v) is 6.40. The summed E-state index contributed by atoms with van der Waals surface area (Å²) in [4.78, 5) is 5.16. The van der Waals surface area contributed by atoms with Crippen LogP contribution in [0.25, 0.3) is 0 Å². The van der Waals surface area contributed by atoms with E-state index in [9.17, 15) is 0 Å². The van der Waals surface area contributed by atoms with Gasteiger partial charge < -0.3 is 15.1 Å². The Kier molecular flexibility index (Phi) is 4.00. The molecule has 2 heterocycles. The van der Waals surface area contributed by atoms with Gasteiger partial charge in [0.1, 0.15) is 0 Å². The first-order chi connectivity index (χ1) is 7.27. The highest BCUT2D eigenvalue weighted by atomic mass is 15.2. The van der Waals surface area contributed by atoms with Gasteiger partial charge in [-0.1, -0.05) is 0 Å². The van der Waals surface area contributed by atoms with Gasteiger partial charge >= 0.3 is 0 Å². The van der Waals surface area contributed by atoms with Gasteiger partial charge in [0, 0.05) is 38.8 Å². The minimum atomic E-state index is 0.772. The highest BCUT2D eigenvalue weighted by Gasteiger charge is 2.27. The van der Waals surface area contributed by atoms with Crippen molar-refractivity contribution in [2.75, 3.05) is 46.3 Å². The zero-order valence-corrected chi connectivity index (χ0v) is 10.2. The van der Waals surface area contributed by atoms with Crippen LogP contribution < -0.4 is 5.32 Å². The second kappa shape index (κ2) is 5.28. The number of likely N-dealkylation sites (tertiary alicyclic amines) is 1. The number of nitrogens with one attached hydrogen (secondary N) is 1. The van der Waals surface area contributed by atoms with Gasteiger partial charge in [0.15, 0.2) is 0 Å². The van der Waals surface area contributed by atoms with Gasteiger partial charge in [-0.05, 0) is 39.3 Å². The van der Waals surface area contributed by atoms with Crippen molar-refractivity contribution >= 4 is 0 Å². The zero-order chi connectivity index (χ0) is 10.7. The van der Waals surface area contributed by atoms with Gasteiger partial charge in [-0.15, -0.1) is 0 Å². The molecule has 3 nitrogen and oxygen atoms in total. The second-order valence-electron chi connectivity index (χ2n) is 5.17. The van der Waals surface area contributed by atoms with E-state index in [0.29, 0.717) is 0 Å². The maximum absolute atomic E-state index is 3.42. The van der Waals surface area contributed by atoms with Crippen LogP contribution in [0.2, 0.25) is 0 Å². The Morgan fingerprint density at radius 3 is 2.67 bits per heavy atom. The van der Waals surface area contributed by atoms with Crippen LogP contribution in [0, 0.1) is 5.92 Å². The van der Waals surface area contributed by atoms with Crippen molar-refractivity contribution in [3.8, 4) is 0 Å². The van der Waals surface area contributed by atoms with Crippen molar-refractivity contribution < 1.29 is 0 Å². The van der Waals surface area contributed by atoms with E-state index >= 15 is 0 Å². The monoisotopic (exact) mass is 211 g/mol. The molecule has 2 aliphatic heterocycles. The second-order valence-corrected chi connectivity index (χ2v) is 5.17. The molecule has 3 heteroatoms. The molecule has 2 aliphatic rings. The van der Waals surface area contributed by atoms with E-state index in [-0.39, 0.29) is 0 Å². The molecule has 2 fully saturated rings. The van der Waals surface area contributed by atoms with E-state index in [2.05, 4.69) is 29.1 Å². The van der Waals surface area contributed by atoms with Crippen LogP contribution in [0.3, 0.4) is 0 Å². The molecule has 0 aromatic carbocycles. The molecule has 0 aromatic heterocycles. The lowest BCUT2D eigenvalue weighted by Crippen LogP contribution is -2.50. The third-order valence-electron chi connectivity index (χ3n) is 4.17. The number of hydrogen-bond donors (Lipinski definition) is 1. The molecule has 0 aliphatic carbocycles. The van der Waals surface area contributed by atoms with Gasteiger partial charge in [0.2, 0.25) is 0 Å². The minimum absolute atomic E-state index is 0.772. The van der Waals surface area contributed by atoms with E-state index in [4.69, 9.17) is 0 Å². The van der Waals surface area contributed by atoms with Crippen LogP contribution in [0.1, 0.15) is 19.8 Å². The third-order valence-corrected chi connectivity index (χ3v) is 4.17. The first kappa shape index (κ1) is 11.4. The van der Waals surface area contributed by atoms with E-state index in [1.54, 1.807) is 0 Å². The average Bonchev–Trinajstić information content (AvgIpc) is 2.26. The summed E-state index contributed by atoms with van der Waals surface area (Å²) in [6.07, 6.45) is 2.81. The van der Waals surface area contributed by atoms with Gasteiger partial charge in [-0.3, -0.25) is 0 Å². The van der Waals surface area contributed by atoms with Crippen LogP contribution in [0.4, 0.5) is 0 Å². The highest BCUT2D eigenvalue weighted by molar-refractivity contribution is 4.82. The largest absolute Gasteiger partial charge is 0.314 e. The van der Waals surface area contributed by atoms with Gasteiger partial charge in [-0.2, -0.15) is 0 Å². The Morgan fingerprint density at radius 1 is 1.20 bits per heavy atom. The maximum atomic E-state index is 3.42. The summed E-state index contributed by atoms with van der Waals surface area (Å²) in [5.41, 5.74) is 0. The minimum Gasteiger partial charge on any atom is -0.314 e. The predicted molar refractivity (Wildman–Crippen MR) is 64.1 cm³/mol. The number of hydrogen-bond acceptors (Lipinski definition) is 3. The fourth-order valence-corrected chi connectivity index (χ4v) is 2.88. The van der Waals surface area contributed by atoms with Crippen LogP contribution in [-0.2, 0) is 0 Å². The van der Waals surface area contributed by atoms with Gasteiger partial charge in [0.25, 0.3) is 0 Å². The fourth-order valence-electron chi connectivity index (χ4n) is 2.88. The molecular weight excluding hydrogens is 186 g/mol. The highest BCUT2D eigenvalue weighted by Crippen LogP contribution is 2.23. The molecule has 0 spiro atoms. The Balaban J connectivity index is 1.81. The number of rotatable bonds is 2. The Morgan fingerprint density at radius 2 is 1.93 bits per heavy atom. The molecule has 0 saturated carbocycles. The van der Waals surface area contributed by atoms with Crippen LogP contribution in [-0.4, -0.2) is 62.2 Å². The molecule has 2 saturated heterocycles. The van der Waals surface area contributed by atoms with Crippen molar-refractivity contribution in [1.82, 2.24) is 15.1 Å². The molecule has 2 atom stereocenters. The van der Waals surface area contributed by atoms with Crippen LogP contribution >= 0.6 is 0 Å². The third kappa shape index (κ3) is 2.92. The zero-order valence-electron chi connectivity index (χ0n) is 10.2. The predicted octanol–water partition coefficient (Wildman–Crippen LogP) is 0.622. The average molecular weight is 211 g/mol. The Hall–Kier alpha value is -0.120. The molecule has 0 unspecified atom stereocenters. The van der Waals surface area contributed by atoms with Crippen molar-refractivity contribution in [3.63, 3.8) is 0 Å². The van der Waals surface area contributed by atoms with E-state index < -0.39 is 0 Å². The van der Waals surface area contributed by atoms with Crippen molar-refractivity contribution in [2.24, 2.45) is 5.92 Å². The fraction of sp³-hybridized carbons (Fsp3) is 1.00. The normalized spacial score (nSPS) is 35.6. The lowest BCUT2D eigenvalue weighted by Gasteiger charge is -2.40. The van der Waals surface area contributed by atoms with E-state index in [1.165, 1.54) is 52.1 Å². The maximum Gasteiger partial charge on any atom is 0.0107 e. The number of piperazine rings is 1. The Bertz CT molecular complexity index is 189. The first-order valence-electron chi connectivity index (χ1n) is 6.40. The van der Waals surface area contributed by atoms with Gasteiger partial charge in [0.05, 0.1) is 0 Å². The van der Waals surface area contributed by atoms with E-state index in [0.717, 1.165) is 12.0 Å². The quantitative estimate of drug-likeness (QED) is 0.722. The molecule has 0 radical (unpaired) electrons. The number of nitrogens with zero attached hydrogens (tertiary/aromatic N) is 2. The van der Waals surface area contributed by atoms with Gasteiger partial charge in [-0.25, -0.2) is 0 Å². The molecule has 0 bridgehead atoms. The summed E-state index contributed by atoms with van der Waals surface area (Å²) < 4.78 is 0. The molecule has 88 valence electrons. The van der Waals surface area contributed by atoms with E-state index in [1.807, 2.05) is 0 Å². The lowest BCUT2D eigenvalue weighted by molar-refractivity contribution is 0.0929. The molecule has 0 aromatic rings. The summed E-state index contributed by atoms with van der Waals surface area (Å²) in [5, 5.41) is 3.42. The van der Waals surface area contributed by atoms with Crippen molar-refractivity contribution in [3.05, 3.63) is 0 Å². The van der Waals surface area contributed by atoms with Crippen molar-refractivity contribution in [1.29, 1.82) is 0 Å². The summed E-state index contributed by atoms with van der Waals surface area (Å²) >= 11 is 0. The molecule has 15 heavy (non-hydrogen) atoms. The number of piperidine rings is 1. The summed E-state index contributed by atoms with van der Waals surface area (Å²) in [6, 6.07) is 0.772. The smallest absolute Gasteiger partial charge is 0.0107 e.